The van der Waals surface area contributed by atoms with Crippen LogP contribution >= 0.6 is 11.6 Å². The molecule has 0 saturated heterocycles. The summed E-state index contributed by atoms with van der Waals surface area (Å²) in [5.41, 5.74) is 0.720. The third kappa shape index (κ3) is 5.67. The number of ketones is 1. The predicted octanol–water partition coefficient (Wildman–Crippen LogP) is 4.01. The van der Waals surface area contributed by atoms with Crippen molar-refractivity contribution >= 4 is 34.9 Å². The molecular weight excluding hydrogens is 361 g/mol. The minimum Gasteiger partial charge on any atom is -0.453 e. The van der Waals surface area contributed by atoms with Crippen molar-refractivity contribution in [1.29, 1.82) is 0 Å². The number of Topliss-reactive ketones (excluding diaryl/α,β-unsaturated/α-hetero) is 1. The lowest BCUT2D eigenvalue weighted by molar-refractivity contribution is -0.153. The van der Waals surface area contributed by atoms with Crippen molar-refractivity contribution in [3.63, 3.8) is 0 Å². The highest BCUT2D eigenvalue weighted by atomic mass is 35.5. The molecule has 0 radical (unpaired) electrons. The number of amides is 1. The number of para-hydroxylation sites is 1. The van der Waals surface area contributed by atoms with Crippen LogP contribution in [-0.4, -0.2) is 23.8 Å². The molecule has 0 aliphatic rings. The molecule has 1 unspecified atom stereocenters. The number of benzene rings is 2. The topological polar surface area (TPSA) is 72.5 Å². The molecule has 5 nitrogen and oxygen atoms in total. The van der Waals surface area contributed by atoms with Crippen LogP contribution in [0.4, 0.5) is 10.1 Å². The largest absolute Gasteiger partial charge is 0.453 e. The summed E-state index contributed by atoms with van der Waals surface area (Å²) in [6, 6.07) is 11.7. The Kier molecular flexibility index (Phi) is 6.86. The zero-order valence-corrected chi connectivity index (χ0v) is 14.8. The Morgan fingerprint density at radius 1 is 1.08 bits per heavy atom. The molecule has 26 heavy (non-hydrogen) atoms. The van der Waals surface area contributed by atoms with Crippen LogP contribution in [0, 0.1) is 5.82 Å². The van der Waals surface area contributed by atoms with E-state index in [-0.39, 0.29) is 18.6 Å². The minimum absolute atomic E-state index is 0.0939. The van der Waals surface area contributed by atoms with Crippen molar-refractivity contribution in [3.8, 4) is 0 Å². The number of hydrogen-bond donors (Lipinski definition) is 1. The van der Waals surface area contributed by atoms with Gasteiger partial charge in [-0.1, -0.05) is 23.7 Å². The maximum atomic E-state index is 12.8. The van der Waals surface area contributed by atoms with E-state index < -0.39 is 23.8 Å². The van der Waals surface area contributed by atoms with Crippen molar-refractivity contribution in [2.75, 3.05) is 5.32 Å². The molecular formula is C19H17ClFNO4. The summed E-state index contributed by atoms with van der Waals surface area (Å²) in [7, 11) is 0. The van der Waals surface area contributed by atoms with E-state index in [2.05, 4.69) is 5.32 Å². The van der Waals surface area contributed by atoms with Crippen LogP contribution in [0.2, 0.25) is 5.02 Å². The van der Waals surface area contributed by atoms with Gasteiger partial charge in [0.25, 0.3) is 5.91 Å². The molecule has 0 saturated carbocycles. The molecule has 0 spiro atoms. The van der Waals surface area contributed by atoms with Crippen LogP contribution in [0.3, 0.4) is 0 Å². The molecule has 136 valence electrons. The number of esters is 1. The molecule has 2 aromatic carbocycles. The fourth-order valence-corrected chi connectivity index (χ4v) is 2.29. The average molecular weight is 378 g/mol. The summed E-state index contributed by atoms with van der Waals surface area (Å²) >= 11 is 5.95. The summed E-state index contributed by atoms with van der Waals surface area (Å²) in [5, 5.41) is 2.93. The zero-order chi connectivity index (χ0) is 19.1. The second-order valence-corrected chi connectivity index (χ2v) is 5.94. The van der Waals surface area contributed by atoms with Gasteiger partial charge in [-0.2, -0.15) is 0 Å². The summed E-state index contributed by atoms with van der Waals surface area (Å²) in [6.07, 6.45) is -1.32. The number of nitrogens with one attached hydrogen (secondary N) is 1. The molecule has 0 aromatic heterocycles. The highest BCUT2D eigenvalue weighted by molar-refractivity contribution is 6.33. The molecule has 0 aliphatic heterocycles. The highest BCUT2D eigenvalue weighted by Gasteiger charge is 2.19. The SMILES string of the molecule is CC(OC(=O)CCC(=O)c1ccc(F)cc1)C(=O)Nc1ccccc1Cl. The van der Waals surface area contributed by atoms with Crippen molar-refractivity contribution in [2.24, 2.45) is 0 Å². The molecule has 0 fully saturated rings. The van der Waals surface area contributed by atoms with E-state index in [9.17, 15) is 18.8 Å². The Bertz CT molecular complexity index is 807. The van der Waals surface area contributed by atoms with Crippen LogP contribution in [0.15, 0.2) is 48.5 Å². The first-order chi connectivity index (χ1) is 12.4. The number of hydrogen-bond acceptors (Lipinski definition) is 4. The van der Waals surface area contributed by atoms with Gasteiger partial charge in [0.15, 0.2) is 11.9 Å². The van der Waals surface area contributed by atoms with E-state index in [0.717, 1.165) is 0 Å². The Balaban J connectivity index is 1.81. The van der Waals surface area contributed by atoms with Gasteiger partial charge in [-0.25, -0.2) is 4.39 Å². The molecule has 0 aliphatic carbocycles. The Labute approximate surface area is 155 Å². The van der Waals surface area contributed by atoms with Gasteiger partial charge >= 0.3 is 5.97 Å². The lowest BCUT2D eigenvalue weighted by Gasteiger charge is -2.14. The first kappa shape index (κ1) is 19.6. The summed E-state index contributed by atoms with van der Waals surface area (Å²) in [6.45, 7) is 1.42. The van der Waals surface area contributed by atoms with Gasteiger partial charge in [0.2, 0.25) is 0 Å². The van der Waals surface area contributed by atoms with Crippen LogP contribution < -0.4 is 5.32 Å². The van der Waals surface area contributed by atoms with E-state index in [1.807, 2.05) is 0 Å². The predicted molar refractivity (Wildman–Crippen MR) is 95.6 cm³/mol. The smallest absolute Gasteiger partial charge is 0.307 e. The maximum Gasteiger partial charge on any atom is 0.307 e. The van der Waals surface area contributed by atoms with E-state index in [4.69, 9.17) is 16.3 Å². The van der Waals surface area contributed by atoms with Crippen molar-refractivity contribution in [2.45, 2.75) is 25.9 Å². The number of halogens is 2. The van der Waals surface area contributed by atoms with Gasteiger partial charge < -0.3 is 10.1 Å². The van der Waals surface area contributed by atoms with Gasteiger partial charge in [-0.3, -0.25) is 14.4 Å². The average Bonchev–Trinajstić information content (AvgIpc) is 2.62. The van der Waals surface area contributed by atoms with Gasteiger partial charge in [0.05, 0.1) is 17.1 Å². The highest BCUT2D eigenvalue weighted by Crippen LogP contribution is 2.20. The Morgan fingerprint density at radius 3 is 2.38 bits per heavy atom. The Morgan fingerprint density at radius 2 is 1.73 bits per heavy atom. The molecule has 0 bridgehead atoms. The van der Waals surface area contributed by atoms with Crippen LogP contribution in [-0.2, 0) is 14.3 Å². The zero-order valence-electron chi connectivity index (χ0n) is 14.0. The second-order valence-electron chi connectivity index (χ2n) is 5.53. The fraction of sp³-hybridized carbons (Fsp3) is 0.211. The fourth-order valence-electron chi connectivity index (χ4n) is 2.10. The van der Waals surface area contributed by atoms with Crippen molar-refractivity contribution in [3.05, 3.63) is 64.9 Å². The quantitative estimate of drug-likeness (QED) is 0.584. The third-order valence-electron chi connectivity index (χ3n) is 3.53. The number of carbonyl (C=O) groups excluding carboxylic acids is 3. The van der Waals surface area contributed by atoms with Gasteiger partial charge in [-0.05, 0) is 43.3 Å². The second kappa shape index (κ2) is 9.10. The molecule has 7 heteroatoms. The van der Waals surface area contributed by atoms with Crippen LogP contribution in [0.1, 0.15) is 30.1 Å². The molecule has 1 atom stereocenters. The van der Waals surface area contributed by atoms with Crippen molar-refractivity contribution in [1.82, 2.24) is 0 Å². The van der Waals surface area contributed by atoms with Gasteiger partial charge in [-0.15, -0.1) is 0 Å². The van der Waals surface area contributed by atoms with E-state index in [1.54, 1.807) is 24.3 Å². The maximum absolute atomic E-state index is 12.8. The van der Waals surface area contributed by atoms with E-state index >= 15 is 0 Å². The Hall–Kier alpha value is -2.73. The molecule has 2 rings (SSSR count). The lowest BCUT2D eigenvalue weighted by Crippen LogP contribution is -2.30. The number of anilines is 1. The third-order valence-corrected chi connectivity index (χ3v) is 3.86. The number of ether oxygens (including phenoxy) is 1. The monoisotopic (exact) mass is 377 g/mol. The first-order valence-electron chi connectivity index (χ1n) is 7.90. The molecule has 0 heterocycles. The summed E-state index contributed by atoms with van der Waals surface area (Å²) in [5.74, 6) is -1.96. The summed E-state index contributed by atoms with van der Waals surface area (Å²) < 4.78 is 17.9. The van der Waals surface area contributed by atoms with E-state index in [1.165, 1.54) is 31.2 Å². The minimum atomic E-state index is -1.04. The summed E-state index contributed by atoms with van der Waals surface area (Å²) in [4.78, 5) is 35.8. The number of rotatable bonds is 7. The van der Waals surface area contributed by atoms with E-state index in [0.29, 0.717) is 16.3 Å². The lowest BCUT2D eigenvalue weighted by atomic mass is 10.1. The molecule has 2 aromatic rings. The molecule has 1 amide bonds. The van der Waals surface area contributed by atoms with Gasteiger partial charge in [0, 0.05) is 12.0 Å². The van der Waals surface area contributed by atoms with Gasteiger partial charge in [0.1, 0.15) is 5.82 Å². The number of carbonyl (C=O) groups is 3. The molecule has 1 N–H and O–H groups in total. The normalized spacial score (nSPS) is 11.5. The van der Waals surface area contributed by atoms with Crippen LogP contribution in [0.25, 0.3) is 0 Å². The standard InChI is InChI=1S/C19H17ClFNO4/c1-12(19(25)22-16-5-3-2-4-15(16)20)26-18(24)11-10-17(23)13-6-8-14(21)9-7-13/h2-9,12H,10-11H2,1H3,(H,22,25). The van der Waals surface area contributed by atoms with Crippen molar-refractivity contribution < 1.29 is 23.5 Å². The first-order valence-corrected chi connectivity index (χ1v) is 8.28. The van der Waals surface area contributed by atoms with Crippen LogP contribution in [0.5, 0.6) is 0 Å².